The lowest BCUT2D eigenvalue weighted by atomic mass is 10.4. The van der Waals surface area contributed by atoms with E-state index in [0.717, 1.165) is 16.3 Å². The highest BCUT2D eigenvalue weighted by atomic mass is 32.1. The summed E-state index contributed by atoms with van der Waals surface area (Å²) < 4.78 is 1.66. The van der Waals surface area contributed by atoms with Gasteiger partial charge in [-0.15, -0.1) is 11.3 Å². The van der Waals surface area contributed by atoms with Crippen molar-refractivity contribution >= 4 is 23.5 Å². The molecule has 0 spiro atoms. The summed E-state index contributed by atoms with van der Waals surface area (Å²) in [6, 6.07) is 5.80. The molecular formula is C12H14N4OS. The normalized spacial score (nSPS) is 11.0. The van der Waals surface area contributed by atoms with E-state index in [9.17, 15) is 4.79 Å². The minimum Gasteiger partial charge on any atom is -0.271 e. The fraction of sp³-hybridized carbons (Fsp3) is 0.250. The number of hydrogen-bond donors (Lipinski definition) is 1. The summed E-state index contributed by atoms with van der Waals surface area (Å²) in [6.45, 7) is 4.00. The van der Waals surface area contributed by atoms with E-state index >= 15 is 0 Å². The van der Waals surface area contributed by atoms with Crippen LogP contribution in [0.3, 0.4) is 0 Å². The van der Waals surface area contributed by atoms with Crippen molar-refractivity contribution in [1.29, 1.82) is 0 Å². The number of aromatic nitrogens is 2. The SMILES string of the molecule is Cc1cc(C)n(CC(=O)NN=Cc2cccs2)n1. The van der Waals surface area contributed by atoms with E-state index in [2.05, 4.69) is 15.6 Å². The van der Waals surface area contributed by atoms with Crippen LogP contribution in [0.2, 0.25) is 0 Å². The lowest BCUT2D eigenvalue weighted by Crippen LogP contribution is -2.24. The summed E-state index contributed by atoms with van der Waals surface area (Å²) in [5.74, 6) is -0.186. The first-order valence-corrected chi connectivity index (χ1v) is 6.39. The molecule has 0 fully saturated rings. The summed E-state index contributed by atoms with van der Waals surface area (Å²) in [7, 11) is 0. The molecule has 0 aromatic carbocycles. The van der Waals surface area contributed by atoms with Gasteiger partial charge in [0.05, 0.1) is 11.9 Å². The number of hydrazone groups is 1. The number of amides is 1. The van der Waals surface area contributed by atoms with Crippen molar-refractivity contribution in [2.45, 2.75) is 20.4 Å². The quantitative estimate of drug-likeness (QED) is 0.673. The van der Waals surface area contributed by atoms with Gasteiger partial charge in [0.1, 0.15) is 6.54 Å². The molecule has 0 saturated carbocycles. The molecule has 2 heterocycles. The molecule has 5 nitrogen and oxygen atoms in total. The molecule has 0 aliphatic carbocycles. The van der Waals surface area contributed by atoms with Gasteiger partial charge in [-0.3, -0.25) is 9.48 Å². The first-order chi connectivity index (χ1) is 8.65. The molecule has 6 heteroatoms. The first-order valence-electron chi connectivity index (χ1n) is 5.51. The van der Waals surface area contributed by atoms with E-state index in [1.165, 1.54) is 0 Å². The zero-order chi connectivity index (χ0) is 13.0. The van der Waals surface area contributed by atoms with E-state index in [-0.39, 0.29) is 12.5 Å². The third-order valence-electron chi connectivity index (χ3n) is 2.32. The van der Waals surface area contributed by atoms with Crippen molar-refractivity contribution in [2.24, 2.45) is 5.10 Å². The number of thiophene rings is 1. The van der Waals surface area contributed by atoms with E-state index in [1.807, 2.05) is 37.4 Å². The van der Waals surface area contributed by atoms with Gasteiger partial charge >= 0.3 is 0 Å². The Morgan fingerprint density at radius 2 is 2.44 bits per heavy atom. The van der Waals surface area contributed by atoms with Crippen molar-refractivity contribution in [2.75, 3.05) is 0 Å². The van der Waals surface area contributed by atoms with Crippen LogP contribution in [-0.4, -0.2) is 21.9 Å². The van der Waals surface area contributed by atoms with Crippen LogP contribution in [0.25, 0.3) is 0 Å². The zero-order valence-electron chi connectivity index (χ0n) is 10.3. The van der Waals surface area contributed by atoms with Crippen LogP contribution in [0.5, 0.6) is 0 Å². The summed E-state index contributed by atoms with van der Waals surface area (Å²) >= 11 is 1.57. The smallest absolute Gasteiger partial charge is 0.261 e. The highest BCUT2D eigenvalue weighted by Crippen LogP contribution is 2.04. The van der Waals surface area contributed by atoms with Crippen molar-refractivity contribution < 1.29 is 4.79 Å². The average molecular weight is 262 g/mol. The second-order valence-corrected chi connectivity index (χ2v) is 4.87. The molecule has 94 valence electrons. The van der Waals surface area contributed by atoms with Crippen molar-refractivity contribution in [3.05, 3.63) is 39.8 Å². The molecule has 0 atom stereocenters. The molecule has 0 aliphatic rings. The van der Waals surface area contributed by atoms with Crippen LogP contribution in [0, 0.1) is 13.8 Å². The van der Waals surface area contributed by atoms with Crippen molar-refractivity contribution in [1.82, 2.24) is 15.2 Å². The van der Waals surface area contributed by atoms with Gasteiger partial charge in [-0.25, -0.2) is 5.43 Å². The molecule has 0 bridgehead atoms. The Hall–Kier alpha value is -1.95. The minimum absolute atomic E-state index is 0.182. The van der Waals surface area contributed by atoms with Crippen LogP contribution in [0.1, 0.15) is 16.3 Å². The van der Waals surface area contributed by atoms with Crippen molar-refractivity contribution in [3.63, 3.8) is 0 Å². The molecular weight excluding hydrogens is 248 g/mol. The number of nitrogens with one attached hydrogen (secondary N) is 1. The molecule has 1 N–H and O–H groups in total. The van der Waals surface area contributed by atoms with Crippen LogP contribution in [-0.2, 0) is 11.3 Å². The number of rotatable bonds is 4. The van der Waals surface area contributed by atoms with Crippen LogP contribution in [0.4, 0.5) is 0 Å². The maximum absolute atomic E-state index is 11.6. The molecule has 18 heavy (non-hydrogen) atoms. The maximum Gasteiger partial charge on any atom is 0.261 e. The average Bonchev–Trinajstić information content (AvgIpc) is 2.90. The number of carbonyl (C=O) groups is 1. The molecule has 1 amide bonds. The Kier molecular flexibility index (Phi) is 3.88. The summed E-state index contributed by atoms with van der Waals surface area (Å²) in [5, 5.41) is 10.1. The molecule has 2 aromatic heterocycles. The largest absolute Gasteiger partial charge is 0.271 e. The van der Waals surface area contributed by atoms with E-state index in [4.69, 9.17) is 0 Å². The fourth-order valence-electron chi connectivity index (χ4n) is 1.54. The van der Waals surface area contributed by atoms with Gasteiger partial charge in [0, 0.05) is 10.6 Å². The summed E-state index contributed by atoms with van der Waals surface area (Å²) in [4.78, 5) is 12.6. The highest BCUT2D eigenvalue weighted by molar-refractivity contribution is 7.11. The van der Waals surface area contributed by atoms with Crippen LogP contribution >= 0.6 is 11.3 Å². The van der Waals surface area contributed by atoms with E-state index in [1.54, 1.807) is 22.2 Å². The van der Waals surface area contributed by atoms with Gasteiger partial charge < -0.3 is 0 Å². The van der Waals surface area contributed by atoms with Gasteiger partial charge in [0.15, 0.2) is 0 Å². The van der Waals surface area contributed by atoms with Crippen molar-refractivity contribution in [3.8, 4) is 0 Å². The maximum atomic E-state index is 11.6. The Bertz CT molecular complexity index is 557. The second kappa shape index (κ2) is 5.59. The molecule has 0 saturated heterocycles. The van der Waals surface area contributed by atoms with Gasteiger partial charge in [-0.2, -0.15) is 10.2 Å². The predicted molar refractivity (Wildman–Crippen MR) is 71.8 cm³/mol. The van der Waals surface area contributed by atoms with E-state index in [0.29, 0.717) is 0 Å². The van der Waals surface area contributed by atoms with Gasteiger partial charge in [-0.05, 0) is 31.4 Å². The Labute approximate surface area is 109 Å². The monoisotopic (exact) mass is 262 g/mol. The minimum atomic E-state index is -0.186. The molecule has 0 unspecified atom stereocenters. The summed E-state index contributed by atoms with van der Waals surface area (Å²) in [5.41, 5.74) is 4.35. The molecule has 2 rings (SSSR count). The standard InChI is InChI=1S/C12H14N4OS/c1-9-6-10(2)16(15-9)8-12(17)14-13-7-11-4-3-5-18-11/h3-7H,8H2,1-2H3,(H,14,17). The number of nitrogens with zero attached hydrogens (tertiary/aromatic N) is 3. The number of hydrogen-bond acceptors (Lipinski definition) is 4. The van der Waals surface area contributed by atoms with Gasteiger partial charge in [0.25, 0.3) is 5.91 Å². The lowest BCUT2D eigenvalue weighted by molar-refractivity contribution is -0.121. The Morgan fingerprint density at radius 3 is 3.06 bits per heavy atom. The van der Waals surface area contributed by atoms with Crippen LogP contribution < -0.4 is 5.43 Å². The number of aryl methyl sites for hydroxylation is 2. The second-order valence-electron chi connectivity index (χ2n) is 3.89. The fourth-order valence-corrected chi connectivity index (χ4v) is 2.12. The van der Waals surface area contributed by atoms with Gasteiger partial charge in [-0.1, -0.05) is 6.07 Å². The van der Waals surface area contributed by atoms with Crippen LogP contribution in [0.15, 0.2) is 28.7 Å². The lowest BCUT2D eigenvalue weighted by Gasteiger charge is -2.02. The first kappa shape index (κ1) is 12.5. The Morgan fingerprint density at radius 1 is 1.61 bits per heavy atom. The summed E-state index contributed by atoms with van der Waals surface area (Å²) in [6.07, 6.45) is 1.63. The van der Waals surface area contributed by atoms with Gasteiger partial charge in [0.2, 0.25) is 0 Å². The highest BCUT2D eigenvalue weighted by Gasteiger charge is 2.05. The van der Waals surface area contributed by atoms with E-state index < -0.39 is 0 Å². The predicted octanol–water partition coefficient (Wildman–Crippen LogP) is 1.71. The topological polar surface area (TPSA) is 59.3 Å². The third-order valence-corrected chi connectivity index (χ3v) is 3.13. The zero-order valence-corrected chi connectivity index (χ0v) is 11.1. The third kappa shape index (κ3) is 3.27. The molecule has 0 radical (unpaired) electrons. The Balaban J connectivity index is 1.87. The number of carbonyl (C=O) groups excluding carboxylic acids is 1. The molecule has 0 aliphatic heterocycles. The molecule has 2 aromatic rings.